The summed E-state index contributed by atoms with van der Waals surface area (Å²) in [6.45, 7) is 0. The fourth-order valence-corrected chi connectivity index (χ4v) is 8.54. The zero-order chi connectivity index (χ0) is 22.2. The molecule has 1 fully saturated rings. The number of carbonyl (C=O) groups is 1. The van der Waals surface area contributed by atoms with Crippen LogP contribution < -0.4 is 0 Å². The van der Waals surface area contributed by atoms with Crippen molar-refractivity contribution in [2.75, 3.05) is 13.3 Å². The normalized spacial score (nSPS) is 20.0. The minimum atomic E-state index is -0.840. The second-order valence-electron chi connectivity index (χ2n) is 8.51. The summed E-state index contributed by atoms with van der Waals surface area (Å²) in [6.07, 6.45) is 6.92. The van der Waals surface area contributed by atoms with Gasteiger partial charge in [-0.2, -0.15) is 0 Å². The van der Waals surface area contributed by atoms with Gasteiger partial charge < -0.3 is 4.74 Å². The fraction of sp³-hybridized carbons (Fsp3) is 0.310. The molecule has 4 rings (SSSR count). The van der Waals surface area contributed by atoms with Gasteiger partial charge in [0.15, 0.2) is 11.0 Å². The Hall–Kier alpha value is -2.70. The lowest BCUT2D eigenvalue weighted by molar-refractivity contribution is -0.132. The second kappa shape index (κ2) is 10.7. The molecule has 0 aromatic heterocycles. The Balaban J connectivity index is 2.09. The summed E-state index contributed by atoms with van der Waals surface area (Å²) in [5.41, 5.74) is 3.95. The Labute approximate surface area is 193 Å². The van der Waals surface area contributed by atoms with Gasteiger partial charge in [-0.3, -0.25) is 0 Å². The highest BCUT2D eigenvalue weighted by molar-refractivity contribution is 7.60. The molecule has 0 bridgehead atoms. The van der Waals surface area contributed by atoms with Crippen molar-refractivity contribution in [3.8, 4) is 0 Å². The second-order valence-corrected chi connectivity index (χ2v) is 10.9. The average molecular weight is 444 g/mol. The smallest absolute Gasteiger partial charge is 0.373 e. The molecule has 32 heavy (non-hydrogen) atoms. The van der Waals surface area contributed by atoms with E-state index < -0.39 is 7.55 Å². The van der Waals surface area contributed by atoms with Crippen molar-refractivity contribution >= 4 is 19.3 Å². The van der Waals surface area contributed by atoms with Crippen molar-refractivity contribution in [3.05, 3.63) is 108 Å². The van der Waals surface area contributed by atoms with Gasteiger partial charge in [0, 0.05) is 17.0 Å². The zero-order valence-electron chi connectivity index (χ0n) is 18.8. The molecule has 0 amide bonds. The topological polar surface area (TPSA) is 26.3 Å². The summed E-state index contributed by atoms with van der Waals surface area (Å²) < 4.78 is 5.18. The molecular formula is C29H32O2P+. The van der Waals surface area contributed by atoms with Crippen LogP contribution in [0.15, 0.2) is 91.0 Å². The molecule has 2 atom stereocenters. The van der Waals surface area contributed by atoms with Gasteiger partial charge in [-0.15, -0.1) is 0 Å². The van der Waals surface area contributed by atoms with Crippen molar-refractivity contribution in [2.24, 2.45) is 0 Å². The molecule has 1 saturated heterocycles. The molecule has 164 valence electrons. The lowest BCUT2D eigenvalue weighted by Crippen LogP contribution is -2.33. The highest BCUT2D eigenvalue weighted by Gasteiger charge is 2.54. The Kier molecular flexibility index (Phi) is 7.55. The van der Waals surface area contributed by atoms with E-state index in [0.29, 0.717) is 0 Å². The molecule has 3 heteroatoms. The molecule has 3 aromatic carbocycles. The summed E-state index contributed by atoms with van der Waals surface area (Å²) in [6, 6.07) is 32.7. The van der Waals surface area contributed by atoms with Crippen molar-refractivity contribution in [2.45, 2.75) is 43.2 Å². The number of esters is 1. The van der Waals surface area contributed by atoms with Crippen LogP contribution in [0.3, 0.4) is 0 Å². The maximum atomic E-state index is 12.7. The minimum Gasteiger partial charge on any atom is -0.463 e. The van der Waals surface area contributed by atoms with Gasteiger partial charge >= 0.3 is 5.97 Å². The largest absolute Gasteiger partial charge is 0.463 e. The molecule has 1 heterocycles. The first-order valence-electron chi connectivity index (χ1n) is 11.6. The van der Waals surface area contributed by atoms with Crippen molar-refractivity contribution in [1.82, 2.24) is 0 Å². The van der Waals surface area contributed by atoms with Crippen molar-refractivity contribution in [3.63, 3.8) is 0 Å². The Bertz CT molecular complexity index is 989. The maximum absolute atomic E-state index is 12.7. The van der Waals surface area contributed by atoms with Crippen LogP contribution in [-0.2, 0) is 14.7 Å². The Morgan fingerprint density at radius 2 is 1.34 bits per heavy atom. The van der Waals surface area contributed by atoms with Crippen LogP contribution in [0.4, 0.5) is 0 Å². The lowest BCUT2D eigenvalue weighted by atomic mass is 9.74. The monoisotopic (exact) mass is 443 g/mol. The third-order valence-corrected chi connectivity index (χ3v) is 9.75. The van der Waals surface area contributed by atoms with Crippen LogP contribution in [0.25, 0.3) is 0 Å². The number of hydrogen-bond acceptors (Lipinski definition) is 2. The maximum Gasteiger partial charge on any atom is 0.373 e. The van der Waals surface area contributed by atoms with Gasteiger partial charge in [0.05, 0.1) is 7.11 Å². The number of rotatable bonds is 4. The first-order valence-corrected chi connectivity index (χ1v) is 13.2. The summed E-state index contributed by atoms with van der Waals surface area (Å²) >= 11 is 0. The molecule has 0 spiro atoms. The first-order chi connectivity index (χ1) is 15.8. The highest BCUT2D eigenvalue weighted by atomic mass is 31.1. The standard InChI is InChI=1S/C29H32O2P/c1-31-28(30)23-32-22-14-3-2-13-21-27(24-15-7-4-8-16-24)29(32,25-17-9-5-10-18-25)26-19-11-6-12-20-26/h4-12,15-20,23,27H,2-3,13-14,21-22H2,1H3/q+1. The van der Waals surface area contributed by atoms with Crippen molar-refractivity contribution < 1.29 is 9.53 Å². The molecule has 1 aliphatic rings. The molecule has 2 unspecified atom stereocenters. The molecule has 2 nitrogen and oxygen atoms in total. The predicted molar refractivity (Wildman–Crippen MR) is 136 cm³/mol. The summed E-state index contributed by atoms with van der Waals surface area (Å²) in [5.74, 6) is 1.99. The number of methoxy groups -OCH3 is 1. The number of hydrogen-bond donors (Lipinski definition) is 0. The third kappa shape index (κ3) is 4.57. The van der Waals surface area contributed by atoms with Crippen molar-refractivity contribution in [1.29, 1.82) is 0 Å². The van der Waals surface area contributed by atoms with Gasteiger partial charge in [0.25, 0.3) is 0 Å². The van der Waals surface area contributed by atoms with Crippen LogP contribution in [0.1, 0.15) is 54.7 Å². The summed E-state index contributed by atoms with van der Waals surface area (Å²) in [5, 5.41) is -0.294. The van der Waals surface area contributed by atoms with E-state index in [1.54, 1.807) is 0 Å². The Morgan fingerprint density at radius 3 is 1.91 bits per heavy atom. The summed E-state index contributed by atoms with van der Waals surface area (Å²) in [4.78, 5) is 12.7. The van der Waals surface area contributed by atoms with E-state index in [9.17, 15) is 4.79 Å². The summed E-state index contributed by atoms with van der Waals surface area (Å²) in [7, 11) is 0.651. The number of benzene rings is 3. The van der Waals surface area contributed by atoms with Gasteiger partial charge in [-0.1, -0.05) is 104 Å². The van der Waals surface area contributed by atoms with Gasteiger partial charge in [-0.25, -0.2) is 4.79 Å². The first kappa shape index (κ1) is 22.5. The van der Waals surface area contributed by atoms with Gasteiger partial charge in [0.2, 0.25) is 0 Å². The molecule has 3 aromatic rings. The van der Waals surface area contributed by atoms with Crippen LogP contribution >= 0.6 is 7.55 Å². The van der Waals surface area contributed by atoms with E-state index >= 15 is 0 Å². The molecule has 0 N–H and O–H groups in total. The lowest BCUT2D eigenvalue weighted by Gasteiger charge is -2.37. The number of ether oxygens (including phenoxy) is 1. The van der Waals surface area contributed by atoms with Crippen LogP contribution in [0.2, 0.25) is 0 Å². The third-order valence-electron chi connectivity index (χ3n) is 6.69. The van der Waals surface area contributed by atoms with Gasteiger partial charge in [-0.05, 0) is 24.8 Å². The molecular weight excluding hydrogens is 411 g/mol. The SMILES string of the molecule is COC(=O)C=[P+]1CCCCCCC(c2ccccc2)C1(c1ccccc1)c1ccccc1. The van der Waals surface area contributed by atoms with Gasteiger partial charge in [0.1, 0.15) is 13.7 Å². The van der Waals surface area contributed by atoms with E-state index in [2.05, 4.69) is 91.0 Å². The van der Waals surface area contributed by atoms with E-state index in [-0.39, 0.29) is 17.0 Å². The highest BCUT2D eigenvalue weighted by Crippen LogP contribution is 2.62. The molecule has 0 radical (unpaired) electrons. The minimum absolute atomic E-state index is 0.210. The zero-order valence-corrected chi connectivity index (χ0v) is 19.7. The van der Waals surface area contributed by atoms with Crippen LogP contribution in [0, 0.1) is 0 Å². The molecule has 1 aliphatic heterocycles. The molecule has 0 saturated carbocycles. The van der Waals surface area contributed by atoms with E-state index in [1.807, 2.05) is 5.80 Å². The fourth-order valence-electron chi connectivity index (χ4n) is 5.29. The predicted octanol–water partition coefficient (Wildman–Crippen LogP) is 7.14. The molecule has 0 aliphatic carbocycles. The van der Waals surface area contributed by atoms with E-state index in [1.165, 1.54) is 43.1 Å². The number of carbonyl (C=O) groups excluding carboxylic acids is 1. The quantitative estimate of drug-likeness (QED) is 0.317. The average Bonchev–Trinajstić information content (AvgIpc) is 2.95. The van der Waals surface area contributed by atoms with Crippen LogP contribution in [0.5, 0.6) is 0 Å². The van der Waals surface area contributed by atoms with E-state index in [0.717, 1.165) is 19.0 Å². The Morgan fingerprint density at radius 1 is 0.812 bits per heavy atom. The van der Waals surface area contributed by atoms with Crippen LogP contribution in [-0.4, -0.2) is 25.0 Å². The van der Waals surface area contributed by atoms with E-state index in [4.69, 9.17) is 4.74 Å².